The minimum Gasteiger partial charge on any atom is -0.383 e. The number of hydrogen-bond donors (Lipinski definition) is 1. The maximum absolute atomic E-state index is 11.3. The van der Waals surface area contributed by atoms with Gasteiger partial charge in [0.05, 0.1) is 13.2 Å². The van der Waals surface area contributed by atoms with E-state index in [4.69, 9.17) is 4.74 Å². The first-order valence-electron chi connectivity index (χ1n) is 4.66. The molecule has 1 aliphatic rings. The number of allylic oxidation sites excluding steroid dienone is 2. The predicted molar refractivity (Wildman–Crippen MR) is 54.7 cm³/mol. The van der Waals surface area contributed by atoms with Crippen LogP contribution >= 0.6 is 0 Å². The van der Waals surface area contributed by atoms with Crippen LogP contribution < -0.4 is 5.32 Å². The molecule has 78 valence electrons. The number of nitrogens with zero attached hydrogens (tertiary/aromatic N) is 1. The summed E-state index contributed by atoms with van der Waals surface area (Å²) in [4.78, 5) is 13.3. The van der Waals surface area contributed by atoms with Gasteiger partial charge in [0.1, 0.15) is 0 Å². The van der Waals surface area contributed by atoms with Gasteiger partial charge in [-0.15, -0.1) is 0 Å². The lowest BCUT2D eigenvalue weighted by molar-refractivity contribution is -0.121. The molecule has 0 aromatic carbocycles. The third-order valence-corrected chi connectivity index (χ3v) is 1.86. The zero-order valence-electron chi connectivity index (χ0n) is 8.40. The third kappa shape index (κ3) is 4.09. The van der Waals surface area contributed by atoms with Gasteiger partial charge >= 0.3 is 0 Å². The molecular weight excluding hydrogens is 180 g/mol. The van der Waals surface area contributed by atoms with Crippen molar-refractivity contribution in [2.45, 2.75) is 0 Å². The van der Waals surface area contributed by atoms with E-state index in [0.717, 1.165) is 6.54 Å². The molecule has 14 heavy (non-hydrogen) atoms. The standard InChI is InChI=1S/C10H16N2O2/c1-14-8-5-11-10(13)9-12-6-3-2-4-7-12/h2-4,6H,5,7-9H2,1H3,(H,11,13). The van der Waals surface area contributed by atoms with Gasteiger partial charge in [-0.2, -0.15) is 0 Å². The summed E-state index contributed by atoms with van der Waals surface area (Å²) < 4.78 is 4.83. The molecule has 4 nitrogen and oxygen atoms in total. The number of rotatable bonds is 5. The summed E-state index contributed by atoms with van der Waals surface area (Å²) >= 11 is 0. The van der Waals surface area contributed by atoms with E-state index in [-0.39, 0.29) is 5.91 Å². The van der Waals surface area contributed by atoms with Crippen molar-refractivity contribution in [3.63, 3.8) is 0 Å². The second-order valence-electron chi connectivity index (χ2n) is 3.04. The van der Waals surface area contributed by atoms with E-state index in [9.17, 15) is 4.79 Å². The van der Waals surface area contributed by atoms with Crippen LogP contribution in [-0.2, 0) is 9.53 Å². The maximum atomic E-state index is 11.3. The Kier molecular flexibility index (Phi) is 4.78. The smallest absolute Gasteiger partial charge is 0.239 e. The number of ether oxygens (including phenoxy) is 1. The highest BCUT2D eigenvalue weighted by molar-refractivity contribution is 5.78. The maximum Gasteiger partial charge on any atom is 0.239 e. The van der Waals surface area contributed by atoms with E-state index in [1.807, 2.05) is 29.3 Å². The van der Waals surface area contributed by atoms with Gasteiger partial charge in [0.2, 0.25) is 5.91 Å². The molecule has 0 saturated heterocycles. The van der Waals surface area contributed by atoms with Crippen molar-refractivity contribution in [2.75, 3.05) is 33.4 Å². The summed E-state index contributed by atoms with van der Waals surface area (Å²) in [6, 6.07) is 0. The Labute approximate surface area is 84.2 Å². The highest BCUT2D eigenvalue weighted by Crippen LogP contribution is 1.96. The highest BCUT2D eigenvalue weighted by Gasteiger charge is 2.05. The van der Waals surface area contributed by atoms with Crippen LogP contribution in [0, 0.1) is 0 Å². The molecule has 0 atom stereocenters. The van der Waals surface area contributed by atoms with Crippen LogP contribution in [0.1, 0.15) is 0 Å². The van der Waals surface area contributed by atoms with Gasteiger partial charge in [-0.25, -0.2) is 0 Å². The summed E-state index contributed by atoms with van der Waals surface area (Å²) in [5.41, 5.74) is 0. The van der Waals surface area contributed by atoms with Crippen molar-refractivity contribution >= 4 is 5.91 Å². The summed E-state index contributed by atoms with van der Waals surface area (Å²) in [5, 5.41) is 2.77. The Balaban J connectivity index is 2.13. The lowest BCUT2D eigenvalue weighted by Crippen LogP contribution is -2.36. The first-order chi connectivity index (χ1) is 6.83. The topological polar surface area (TPSA) is 41.6 Å². The molecule has 1 amide bonds. The van der Waals surface area contributed by atoms with E-state index in [2.05, 4.69) is 5.32 Å². The fourth-order valence-corrected chi connectivity index (χ4v) is 1.16. The predicted octanol–water partition coefficient (Wildman–Crippen LogP) is 0.135. The SMILES string of the molecule is COCCNC(=O)CN1C=CC=CC1. The zero-order valence-corrected chi connectivity index (χ0v) is 8.40. The van der Waals surface area contributed by atoms with Gasteiger partial charge in [-0.1, -0.05) is 12.2 Å². The van der Waals surface area contributed by atoms with Crippen molar-refractivity contribution in [1.29, 1.82) is 0 Å². The Hall–Kier alpha value is -1.29. The van der Waals surface area contributed by atoms with Crippen molar-refractivity contribution in [2.24, 2.45) is 0 Å². The molecule has 4 heteroatoms. The molecule has 0 radical (unpaired) electrons. The Bertz CT molecular complexity index is 236. The number of hydrogen-bond acceptors (Lipinski definition) is 3. The first-order valence-corrected chi connectivity index (χ1v) is 4.66. The van der Waals surface area contributed by atoms with Crippen molar-refractivity contribution in [1.82, 2.24) is 10.2 Å². The molecule has 0 aliphatic carbocycles. The van der Waals surface area contributed by atoms with Crippen LogP contribution in [0.2, 0.25) is 0 Å². The average Bonchev–Trinajstić information content (AvgIpc) is 2.20. The van der Waals surface area contributed by atoms with E-state index < -0.39 is 0 Å². The van der Waals surface area contributed by atoms with Crippen molar-refractivity contribution in [3.8, 4) is 0 Å². The van der Waals surface area contributed by atoms with Gasteiger partial charge in [0.15, 0.2) is 0 Å². The van der Waals surface area contributed by atoms with Crippen LogP contribution in [-0.4, -0.2) is 44.2 Å². The number of carbonyl (C=O) groups excluding carboxylic acids is 1. The van der Waals surface area contributed by atoms with Crippen molar-refractivity contribution in [3.05, 3.63) is 24.4 Å². The molecule has 0 saturated carbocycles. The first kappa shape index (κ1) is 10.8. The second kappa shape index (κ2) is 6.21. The summed E-state index contributed by atoms with van der Waals surface area (Å²) in [6.45, 7) is 2.34. The minimum absolute atomic E-state index is 0.0296. The Morgan fingerprint density at radius 1 is 1.57 bits per heavy atom. The van der Waals surface area contributed by atoms with Gasteiger partial charge in [0.25, 0.3) is 0 Å². The summed E-state index contributed by atoms with van der Waals surface area (Å²) in [5.74, 6) is 0.0296. The van der Waals surface area contributed by atoms with E-state index in [1.54, 1.807) is 7.11 Å². The molecule has 0 unspecified atom stereocenters. The molecule has 0 fully saturated rings. The van der Waals surface area contributed by atoms with E-state index in [1.165, 1.54) is 0 Å². The normalized spacial score (nSPS) is 14.5. The fourth-order valence-electron chi connectivity index (χ4n) is 1.16. The Morgan fingerprint density at radius 3 is 3.07 bits per heavy atom. The number of carbonyl (C=O) groups is 1. The van der Waals surface area contributed by atoms with Crippen LogP contribution in [0.25, 0.3) is 0 Å². The Morgan fingerprint density at radius 2 is 2.43 bits per heavy atom. The lowest BCUT2D eigenvalue weighted by Gasteiger charge is -2.19. The molecule has 1 rings (SSSR count). The van der Waals surface area contributed by atoms with Gasteiger partial charge in [-0.05, 0) is 12.3 Å². The number of amides is 1. The molecule has 1 heterocycles. The zero-order chi connectivity index (χ0) is 10.2. The summed E-state index contributed by atoms with van der Waals surface area (Å²) in [7, 11) is 1.62. The van der Waals surface area contributed by atoms with Gasteiger partial charge < -0.3 is 15.0 Å². The molecule has 0 aromatic heterocycles. The van der Waals surface area contributed by atoms with Gasteiger partial charge in [-0.3, -0.25) is 4.79 Å². The molecule has 0 bridgehead atoms. The summed E-state index contributed by atoms with van der Waals surface area (Å²) in [6.07, 6.45) is 7.82. The third-order valence-electron chi connectivity index (χ3n) is 1.86. The van der Waals surface area contributed by atoms with Crippen LogP contribution in [0.4, 0.5) is 0 Å². The average molecular weight is 196 g/mol. The lowest BCUT2D eigenvalue weighted by atomic mass is 10.3. The largest absolute Gasteiger partial charge is 0.383 e. The highest BCUT2D eigenvalue weighted by atomic mass is 16.5. The van der Waals surface area contributed by atoms with Crippen LogP contribution in [0.3, 0.4) is 0 Å². The molecule has 1 N–H and O–H groups in total. The minimum atomic E-state index is 0.0296. The quantitative estimate of drug-likeness (QED) is 0.636. The van der Waals surface area contributed by atoms with Crippen LogP contribution in [0.15, 0.2) is 24.4 Å². The van der Waals surface area contributed by atoms with E-state index in [0.29, 0.717) is 19.7 Å². The molecule has 1 aliphatic heterocycles. The molecule has 0 aromatic rings. The fraction of sp³-hybridized carbons (Fsp3) is 0.500. The monoisotopic (exact) mass is 196 g/mol. The number of methoxy groups -OCH3 is 1. The van der Waals surface area contributed by atoms with Crippen LogP contribution in [0.5, 0.6) is 0 Å². The van der Waals surface area contributed by atoms with Crippen molar-refractivity contribution < 1.29 is 9.53 Å². The molecular formula is C10H16N2O2. The number of nitrogens with one attached hydrogen (secondary N) is 1. The van der Waals surface area contributed by atoms with E-state index >= 15 is 0 Å². The molecule has 0 spiro atoms. The second-order valence-corrected chi connectivity index (χ2v) is 3.04. The van der Waals surface area contributed by atoms with Gasteiger partial charge in [0, 0.05) is 20.2 Å².